The molecular formula is C16H16ClF2N. The highest BCUT2D eigenvalue weighted by Gasteiger charge is 2.16. The van der Waals surface area contributed by atoms with Crippen molar-refractivity contribution in [3.63, 3.8) is 0 Å². The second-order valence-electron chi connectivity index (χ2n) is 4.86. The van der Waals surface area contributed by atoms with Crippen molar-refractivity contribution in [2.45, 2.75) is 19.9 Å². The second kappa shape index (κ2) is 5.90. The molecule has 1 atom stereocenters. The minimum absolute atomic E-state index is 0.0818. The topological polar surface area (TPSA) is 12.0 Å². The van der Waals surface area contributed by atoms with Crippen molar-refractivity contribution in [1.82, 2.24) is 5.32 Å². The molecule has 0 fully saturated rings. The maximum absolute atomic E-state index is 13.7. The second-order valence-corrected chi connectivity index (χ2v) is 5.27. The van der Waals surface area contributed by atoms with E-state index < -0.39 is 5.82 Å². The predicted octanol–water partition coefficient (Wildman–Crippen LogP) is 4.54. The molecule has 2 aromatic carbocycles. The molecule has 0 radical (unpaired) electrons. The van der Waals surface area contributed by atoms with Gasteiger partial charge in [0.15, 0.2) is 0 Å². The fraction of sp³-hybridized carbons (Fsp3) is 0.250. The quantitative estimate of drug-likeness (QED) is 0.876. The molecule has 0 saturated heterocycles. The van der Waals surface area contributed by atoms with E-state index in [4.69, 9.17) is 11.6 Å². The highest BCUT2D eigenvalue weighted by molar-refractivity contribution is 6.30. The van der Waals surface area contributed by atoms with Crippen molar-refractivity contribution in [3.8, 4) is 0 Å². The molecule has 106 valence electrons. The molecule has 0 saturated carbocycles. The summed E-state index contributed by atoms with van der Waals surface area (Å²) in [6, 6.07) is 8.03. The number of hydrogen-bond donors (Lipinski definition) is 1. The van der Waals surface area contributed by atoms with Crippen molar-refractivity contribution in [3.05, 3.63) is 69.2 Å². The van der Waals surface area contributed by atoms with Crippen LogP contribution < -0.4 is 5.32 Å². The zero-order chi connectivity index (χ0) is 14.9. The number of aryl methyl sites for hydroxylation is 2. The fourth-order valence-corrected chi connectivity index (χ4v) is 2.55. The third-order valence-corrected chi connectivity index (χ3v) is 3.65. The molecule has 4 heteroatoms. The van der Waals surface area contributed by atoms with Gasteiger partial charge in [0.05, 0.1) is 11.1 Å². The van der Waals surface area contributed by atoms with Crippen molar-refractivity contribution < 1.29 is 8.78 Å². The lowest BCUT2D eigenvalue weighted by Gasteiger charge is -2.19. The molecule has 0 amide bonds. The van der Waals surface area contributed by atoms with E-state index in [1.165, 1.54) is 6.07 Å². The van der Waals surface area contributed by atoms with E-state index in [0.29, 0.717) is 11.1 Å². The van der Waals surface area contributed by atoms with E-state index >= 15 is 0 Å². The largest absolute Gasteiger partial charge is 0.309 e. The monoisotopic (exact) mass is 295 g/mol. The summed E-state index contributed by atoms with van der Waals surface area (Å²) < 4.78 is 27.0. The lowest BCUT2D eigenvalue weighted by molar-refractivity contribution is 0.604. The van der Waals surface area contributed by atoms with Gasteiger partial charge in [-0.3, -0.25) is 0 Å². The molecule has 0 aromatic heterocycles. The standard InChI is InChI=1S/C16H16ClF2N/c1-9-6-12(7-10(2)15(9)19)16(20-3)11-4-5-14(18)13(17)8-11/h4-8,16,20H,1-3H3. The van der Waals surface area contributed by atoms with E-state index in [-0.39, 0.29) is 16.9 Å². The Kier molecular flexibility index (Phi) is 4.41. The first-order valence-electron chi connectivity index (χ1n) is 6.33. The van der Waals surface area contributed by atoms with Crippen LogP contribution in [0.15, 0.2) is 30.3 Å². The number of rotatable bonds is 3. The Morgan fingerprint density at radius 1 is 1.00 bits per heavy atom. The number of hydrogen-bond acceptors (Lipinski definition) is 1. The third kappa shape index (κ3) is 2.84. The van der Waals surface area contributed by atoms with Crippen LogP contribution in [0.5, 0.6) is 0 Å². The van der Waals surface area contributed by atoms with E-state index in [2.05, 4.69) is 5.32 Å². The lowest BCUT2D eigenvalue weighted by atomic mass is 9.95. The molecule has 0 bridgehead atoms. The van der Waals surface area contributed by atoms with Gasteiger partial charge in [0.25, 0.3) is 0 Å². The summed E-state index contributed by atoms with van der Waals surface area (Å²) in [4.78, 5) is 0. The molecule has 2 rings (SSSR count). The predicted molar refractivity (Wildman–Crippen MR) is 78.2 cm³/mol. The Hall–Kier alpha value is -1.45. The maximum Gasteiger partial charge on any atom is 0.141 e. The molecule has 20 heavy (non-hydrogen) atoms. The van der Waals surface area contributed by atoms with Crippen LogP contribution in [0.4, 0.5) is 8.78 Å². The molecule has 0 aliphatic rings. The molecule has 0 aliphatic carbocycles. The van der Waals surface area contributed by atoms with Crippen LogP contribution in [-0.4, -0.2) is 7.05 Å². The van der Waals surface area contributed by atoms with Crippen LogP contribution in [0, 0.1) is 25.5 Å². The first-order chi connectivity index (χ1) is 9.43. The van der Waals surface area contributed by atoms with Gasteiger partial charge < -0.3 is 5.32 Å². The fourth-order valence-electron chi connectivity index (χ4n) is 2.36. The summed E-state index contributed by atoms with van der Waals surface area (Å²) in [6.45, 7) is 3.46. The Morgan fingerprint density at radius 2 is 1.60 bits per heavy atom. The average molecular weight is 296 g/mol. The summed E-state index contributed by atoms with van der Waals surface area (Å²) in [6.07, 6.45) is 0. The normalized spacial score (nSPS) is 12.5. The zero-order valence-electron chi connectivity index (χ0n) is 11.6. The van der Waals surface area contributed by atoms with Gasteiger partial charge >= 0.3 is 0 Å². The van der Waals surface area contributed by atoms with Gasteiger partial charge in [0.2, 0.25) is 0 Å². The van der Waals surface area contributed by atoms with Crippen molar-refractivity contribution in [2.75, 3.05) is 7.05 Å². The zero-order valence-corrected chi connectivity index (χ0v) is 12.4. The van der Waals surface area contributed by atoms with Gasteiger partial charge in [0, 0.05) is 0 Å². The van der Waals surface area contributed by atoms with Crippen LogP contribution in [0.25, 0.3) is 0 Å². The van der Waals surface area contributed by atoms with Crippen LogP contribution in [0.1, 0.15) is 28.3 Å². The van der Waals surface area contributed by atoms with Crippen molar-refractivity contribution in [1.29, 1.82) is 0 Å². The Balaban J connectivity index is 2.49. The Morgan fingerprint density at radius 3 is 2.10 bits per heavy atom. The summed E-state index contributed by atoms with van der Waals surface area (Å²) in [5.74, 6) is -0.641. The van der Waals surface area contributed by atoms with E-state index in [1.807, 2.05) is 0 Å². The lowest BCUT2D eigenvalue weighted by Crippen LogP contribution is -2.18. The minimum atomic E-state index is -0.447. The van der Waals surface area contributed by atoms with Gasteiger partial charge in [-0.2, -0.15) is 0 Å². The molecule has 0 aliphatic heterocycles. The Labute approximate surface area is 122 Å². The number of benzene rings is 2. The third-order valence-electron chi connectivity index (χ3n) is 3.36. The van der Waals surface area contributed by atoms with Crippen LogP contribution in [0.2, 0.25) is 5.02 Å². The summed E-state index contributed by atoms with van der Waals surface area (Å²) in [5, 5.41) is 3.23. The summed E-state index contributed by atoms with van der Waals surface area (Å²) >= 11 is 5.83. The molecule has 1 N–H and O–H groups in total. The van der Waals surface area contributed by atoms with Gasteiger partial charge in [-0.15, -0.1) is 0 Å². The first-order valence-corrected chi connectivity index (χ1v) is 6.70. The number of nitrogens with one attached hydrogen (secondary N) is 1. The van der Waals surface area contributed by atoms with Gasteiger partial charge in [0.1, 0.15) is 11.6 Å². The first kappa shape index (κ1) is 14.9. The van der Waals surface area contributed by atoms with E-state index in [9.17, 15) is 8.78 Å². The highest BCUT2D eigenvalue weighted by atomic mass is 35.5. The van der Waals surface area contributed by atoms with Crippen LogP contribution >= 0.6 is 11.6 Å². The average Bonchev–Trinajstić information content (AvgIpc) is 2.41. The van der Waals surface area contributed by atoms with E-state index in [0.717, 1.165) is 11.1 Å². The van der Waals surface area contributed by atoms with Crippen LogP contribution in [0.3, 0.4) is 0 Å². The molecular weight excluding hydrogens is 280 g/mol. The SMILES string of the molecule is CNC(c1cc(C)c(F)c(C)c1)c1ccc(F)c(Cl)c1. The van der Waals surface area contributed by atoms with Gasteiger partial charge in [-0.05, 0) is 55.3 Å². The molecule has 1 nitrogen and oxygen atoms in total. The maximum atomic E-state index is 13.7. The molecule has 0 spiro atoms. The van der Waals surface area contributed by atoms with Crippen LogP contribution in [-0.2, 0) is 0 Å². The Bertz CT molecular complexity index is 617. The highest BCUT2D eigenvalue weighted by Crippen LogP contribution is 2.28. The summed E-state index contributed by atoms with van der Waals surface area (Å²) in [7, 11) is 1.80. The van der Waals surface area contributed by atoms with Gasteiger partial charge in [-0.25, -0.2) is 8.78 Å². The summed E-state index contributed by atoms with van der Waals surface area (Å²) in [5.41, 5.74) is 2.94. The number of halogens is 3. The smallest absolute Gasteiger partial charge is 0.141 e. The molecule has 2 aromatic rings. The minimum Gasteiger partial charge on any atom is -0.309 e. The van der Waals surface area contributed by atoms with Crippen molar-refractivity contribution in [2.24, 2.45) is 0 Å². The van der Waals surface area contributed by atoms with Gasteiger partial charge in [-0.1, -0.05) is 29.8 Å². The van der Waals surface area contributed by atoms with Crippen molar-refractivity contribution >= 4 is 11.6 Å². The van der Waals surface area contributed by atoms with E-state index in [1.54, 1.807) is 45.2 Å². The molecule has 0 heterocycles. The molecule has 1 unspecified atom stereocenters.